The molecule has 0 radical (unpaired) electrons. The number of nitrogens with one attached hydrogen (secondary N) is 2. The molecule has 1 fully saturated rings. The number of rotatable bonds is 5. The van der Waals surface area contributed by atoms with Crippen LogP contribution in [0.2, 0.25) is 0 Å². The standard InChI is InChI=1S/C16H24N2O/c1-13(14-8-4-2-5-9-14)17-12-16(19)18-15-10-6-3-7-11-15/h2,4-5,8-9,13,15,17H,3,6-7,10-12H2,1H3,(H,18,19)/t13-/m0/s1. The van der Waals surface area contributed by atoms with Crippen molar-refractivity contribution in [1.82, 2.24) is 10.6 Å². The van der Waals surface area contributed by atoms with E-state index in [2.05, 4.69) is 29.7 Å². The first kappa shape index (κ1) is 14.1. The molecule has 0 aliphatic heterocycles. The average molecular weight is 260 g/mol. The van der Waals surface area contributed by atoms with Crippen molar-refractivity contribution in [2.45, 2.75) is 51.1 Å². The van der Waals surface area contributed by atoms with E-state index in [-0.39, 0.29) is 11.9 Å². The number of carbonyl (C=O) groups excluding carboxylic acids is 1. The number of carbonyl (C=O) groups is 1. The molecule has 3 heteroatoms. The maximum atomic E-state index is 11.9. The Morgan fingerprint density at radius 2 is 1.89 bits per heavy atom. The zero-order valence-corrected chi connectivity index (χ0v) is 11.7. The molecule has 1 amide bonds. The molecule has 1 aromatic rings. The van der Waals surface area contributed by atoms with Gasteiger partial charge in [-0.1, -0.05) is 49.6 Å². The van der Waals surface area contributed by atoms with Crippen LogP contribution in [0.25, 0.3) is 0 Å². The molecule has 3 nitrogen and oxygen atoms in total. The lowest BCUT2D eigenvalue weighted by molar-refractivity contribution is -0.121. The highest BCUT2D eigenvalue weighted by atomic mass is 16.1. The predicted molar refractivity (Wildman–Crippen MR) is 77.9 cm³/mol. The Bertz CT molecular complexity index is 385. The Kier molecular flexibility index (Phi) is 5.40. The van der Waals surface area contributed by atoms with E-state index < -0.39 is 0 Å². The highest BCUT2D eigenvalue weighted by molar-refractivity contribution is 5.78. The van der Waals surface area contributed by atoms with E-state index >= 15 is 0 Å². The van der Waals surface area contributed by atoms with Gasteiger partial charge in [0.15, 0.2) is 0 Å². The van der Waals surface area contributed by atoms with Crippen molar-refractivity contribution < 1.29 is 4.79 Å². The number of hydrogen-bond acceptors (Lipinski definition) is 2. The van der Waals surface area contributed by atoms with Crippen LogP contribution in [0, 0.1) is 0 Å². The van der Waals surface area contributed by atoms with Gasteiger partial charge in [0.2, 0.25) is 5.91 Å². The molecule has 1 atom stereocenters. The zero-order chi connectivity index (χ0) is 13.5. The van der Waals surface area contributed by atoms with Gasteiger partial charge in [-0.3, -0.25) is 4.79 Å². The van der Waals surface area contributed by atoms with Crippen molar-refractivity contribution in [2.24, 2.45) is 0 Å². The van der Waals surface area contributed by atoms with Gasteiger partial charge in [0.05, 0.1) is 6.54 Å². The lowest BCUT2D eigenvalue weighted by Crippen LogP contribution is -2.41. The lowest BCUT2D eigenvalue weighted by Gasteiger charge is -2.23. The molecular weight excluding hydrogens is 236 g/mol. The third-order valence-corrected chi connectivity index (χ3v) is 3.84. The van der Waals surface area contributed by atoms with Gasteiger partial charge in [0, 0.05) is 12.1 Å². The minimum Gasteiger partial charge on any atom is -0.352 e. The van der Waals surface area contributed by atoms with Crippen molar-refractivity contribution in [1.29, 1.82) is 0 Å². The highest BCUT2D eigenvalue weighted by Crippen LogP contribution is 2.17. The Morgan fingerprint density at radius 3 is 2.58 bits per heavy atom. The fourth-order valence-electron chi connectivity index (χ4n) is 2.63. The Balaban J connectivity index is 1.71. The van der Waals surface area contributed by atoms with E-state index in [1.807, 2.05) is 18.2 Å². The van der Waals surface area contributed by atoms with Crippen LogP contribution in [0.5, 0.6) is 0 Å². The van der Waals surface area contributed by atoms with Gasteiger partial charge in [-0.25, -0.2) is 0 Å². The SMILES string of the molecule is C[C@H](NCC(=O)NC1CCCCC1)c1ccccc1. The van der Waals surface area contributed by atoms with Gasteiger partial charge in [-0.15, -0.1) is 0 Å². The van der Waals surface area contributed by atoms with Crippen molar-refractivity contribution in [2.75, 3.05) is 6.54 Å². The minimum atomic E-state index is 0.120. The summed E-state index contributed by atoms with van der Waals surface area (Å²) in [5.41, 5.74) is 1.22. The van der Waals surface area contributed by atoms with Crippen LogP contribution in [-0.2, 0) is 4.79 Å². The Morgan fingerprint density at radius 1 is 1.21 bits per heavy atom. The highest BCUT2D eigenvalue weighted by Gasteiger charge is 2.15. The van der Waals surface area contributed by atoms with Crippen molar-refractivity contribution in [3.63, 3.8) is 0 Å². The van der Waals surface area contributed by atoms with Gasteiger partial charge in [-0.2, -0.15) is 0 Å². The number of amides is 1. The zero-order valence-electron chi connectivity index (χ0n) is 11.7. The van der Waals surface area contributed by atoms with Crippen LogP contribution >= 0.6 is 0 Å². The maximum Gasteiger partial charge on any atom is 0.234 e. The van der Waals surface area contributed by atoms with Crippen LogP contribution in [0.15, 0.2) is 30.3 Å². The molecule has 1 aromatic carbocycles. The summed E-state index contributed by atoms with van der Waals surface area (Å²) in [5.74, 6) is 0.120. The van der Waals surface area contributed by atoms with Crippen LogP contribution in [-0.4, -0.2) is 18.5 Å². The second-order valence-electron chi connectivity index (χ2n) is 5.42. The summed E-state index contributed by atoms with van der Waals surface area (Å²) < 4.78 is 0. The van der Waals surface area contributed by atoms with Crippen LogP contribution in [0.3, 0.4) is 0 Å². The first-order chi connectivity index (χ1) is 9.25. The fourth-order valence-corrected chi connectivity index (χ4v) is 2.63. The topological polar surface area (TPSA) is 41.1 Å². The molecule has 0 spiro atoms. The second-order valence-corrected chi connectivity index (χ2v) is 5.42. The van der Waals surface area contributed by atoms with Gasteiger partial charge in [0.25, 0.3) is 0 Å². The third kappa shape index (κ3) is 4.67. The van der Waals surface area contributed by atoms with Gasteiger partial charge < -0.3 is 10.6 Å². The van der Waals surface area contributed by atoms with E-state index in [1.54, 1.807) is 0 Å². The summed E-state index contributed by atoms with van der Waals surface area (Å²) in [6, 6.07) is 10.8. The fraction of sp³-hybridized carbons (Fsp3) is 0.562. The first-order valence-electron chi connectivity index (χ1n) is 7.33. The van der Waals surface area contributed by atoms with Gasteiger partial charge >= 0.3 is 0 Å². The number of benzene rings is 1. The van der Waals surface area contributed by atoms with Crippen molar-refractivity contribution in [3.8, 4) is 0 Å². The Hall–Kier alpha value is -1.35. The summed E-state index contributed by atoms with van der Waals surface area (Å²) in [7, 11) is 0. The van der Waals surface area contributed by atoms with Crippen molar-refractivity contribution in [3.05, 3.63) is 35.9 Å². The molecule has 1 aliphatic carbocycles. The predicted octanol–water partition coefficient (Wildman–Crippen LogP) is 2.79. The van der Waals surface area contributed by atoms with Crippen LogP contribution < -0.4 is 10.6 Å². The summed E-state index contributed by atoms with van der Waals surface area (Å²) in [6.07, 6.45) is 6.09. The second kappa shape index (κ2) is 7.29. The molecule has 0 heterocycles. The largest absolute Gasteiger partial charge is 0.352 e. The van der Waals surface area contributed by atoms with Crippen molar-refractivity contribution >= 4 is 5.91 Å². The number of hydrogen-bond donors (Lipinski definition) is 2. The molecule has 0 bridgehead atoms. The Labute approximate surface area is 115 Å². The molecule has 1 aliphatic rings. The van der Waals surface area contributed by atoms with E-state index in [1.165, 1.54) is 24.8 Å². The average Bonchev–Trinajstić information content (AvgIpc) is 2.47. The third-order valence-electron chi connectivity index (χ3n) is 3.84. The smallest absolute Gasteiger partial charge is 0.234 e. The first-order valence-corrected chi connectivity index (χ1v) is 7.33. The quantitative estimate of drug-likeness (QED) is 0.854. The monoisotopic (exact) mass is 260 g/mol. The van der Waals surface area contributed by atoms with Crippen LogP contribution in [0.1, 0.15) is 50.6 Å². The molecule has 2 N–H and O–H groups in total. The lowest BCUT2D eigenvalue weighted by atomic mass is 9.95. The molecule has 0 aromatic heterocycles. The molecule has 1 saturated carbocycles. The summed E-state index contributed by atoms with van der Waals surface area (Å²) in [5, 5.41) is 6.40. The molecule has 19 heavy (non-hydrogen) atoms. The molecular formula is C16H24N2O. The molecule has 104 valence electrons. The molecule has 0 unspecified atom stereocenters. The summed E-state index contributed by atoms with van der Waals surface area (Å²) >= 11 is 0. The normalized spacial score (nSPS) is 17.9. The molecule has 0 saturated heterocycles. The summed E-state index contributed by atoms with van der Waals surface area (Å²) in [4.78, 5) is 11.9. The van der Waals surface area contributed by atoms with E-state index in [0.717, 1.165) is 12.8 Å². The van der Waals surface area contributed by atoms with Gasteiger partial charge in [-0.05, 0) is 25.3 Å². The van der Waals surface area contributed by atoms with E-state index in [0.29, 0.717) is 12.6 Å². The maximum absolute atomic E-state index is 11.9. The van der Waals surface area contributed by atoms with E-state index in [9.17, 15) is 4.79 Å². The molecule has 2 rings (SSSR count). The summed E-state index contributed by atoms with van der Waals surface area (Å²) in [6.45, 7) is 2.48. The van der Waals surface area contributed by atoms with E-state index in [4.69, 9.17) is 0 Å². The minimum absolute atomic E-state index is 0.120. The van der Waals surface area contributed by atoms with Gasteiger partial charge in [0.1, 0.15) is 0 Å². The van der Waals surface area contributed by atoms with Crippen LogP contribution in [0.4, 0.5) is 0 Å².